The fraction of sp³-hybridized carbons (Fsp3) is 0.667. The van der Waals surface area contributed by atoms with Gasteiger partial charge in [0.2, 0.25) is 15.9 Å². The molecule has 1 amide bonds. The lowest BCUT2D eigenvalue weighted by Gasteiger charge is -2.36. The van der Waals surface area contributed by atoms with Gasteiger partial charge >= 0.3 is 0 Å². The zero-order valence-corrected chi connectivity index (χ0v) is 18.0. The Labute approximate surface area is 169 Å². The summed E-state index contributed by atoms with van der Waals surface area (Å²) < 4.78 is 27.1. The van der Waals surface area contributed by atoms with Crippen LogP contribution in [0.5, 0.6) is 0 Å². The molecule has 2 aliphatic heterocycles. The summed E-state index contributed by atoms with van der Waals surface area (Å²) in [5.74, 6) is 0.00276. The minimum atomic E-state index is -3.47. The molecule has 0 atom stereocenters. The molecule has 2 aliphatic rings. The molecule has 28 heavy (non-hydrogen) atoms. The number of nitrogens with zero attached hydrogens (tertiary/aromatic N) is 2. The molecule has 2 saturated heterocycles. The lowest BCUT2D eigenvalue weighted by molar-refractivity contribution is -0.127. The van der Waals surface area contributed by atoms with Crippen LogP contribution in [0, 0.1) is 12.8 Å². The molecule has 6 nitrogen and oxygen atoms in total. The van der Waals surface area contributed by atoms with Gasteiger partial charge in [-0.2, -0.15) is 4.31 Å². The monoisotopic (exact) mass is 407 g/mol. The van der Waals surface area contributed by atoms with Gasteiger partial charge < -0.3 is 10.2 Å². The maximum absolute atomic E-state index is 12.8. The van der Waals surface area contributed by atoms with E-state index in [1.54, 1.807) is 12.1 Å². The number of sulfonamides is 1. The second kappa shape index (κ2) is 8.93. The molecule has 3 rings (SSSR count). The number of hydrogen-bond acceptors (Lipinski definition) is 4. The lowest BCUT2D eigenvalue weighted by Crippen LogP contribution is -2.49. The molecule has 1 aromatic carbocycles. The van der Waals surface area contributed by atoms with Crippen LogP contribution in [-0.2, 0) is 14.8 Å². The van der Waals surface area contributed by atoms with Crippen LogP contribution in [0.1, 0.15) is 45.1 Å². The first-order valence-electron chi connectivity index (χ1n) is 10.4. The summed E-state index contributed by atoms with van der Waals surface area (Å²) in [5, 5.41) is 3.21. The fourth-order valence-electron chi connectivity index (χ4n) is 4.10. The van der Waals surface area contributed by atoms with E-state index in [-0.39, 0.29) is 17.9 Å². The zero-order valence-electron chi connectivity index (χ0n) is 17.2. The van der Waals surface area contributed by atoms with Crippen LogP contribution in [0.15, 0.2) is 29.2 Å². The number of carbonyl (C=O) groups is 1. The third-order valence-electron chi connectivity index (χ3n) is 6.09. The quantitative estimate of drug-likeness (QED) is 0.814. The molecule has 1 N–H and O–H groups in total. The third kappa shape index (κ3) is 4.93. The molecular formula is C21H33N3O3S. The molecule has 0 aliphatic carbocycles. The number of benzene rings is 1. The van der Waals surface area contributed by atoms with E-state index < -0.39 is 10.0 Å². The predicted molar refractivity (Wildman–Crippen MR) is 111 cm³/mol. The number of aryl methyl sites for hydroxylation is 1. The predicted octanol–water partition coefficient (Wildman–Crippen LogP) is 2.38. The van der Waals surface area contributed by atoms with E-state index in [4.69, 9.17) is 0 Å². The van der Waals surface area contributed by atoms with Gasteiger partial charge in [0.25, 0.3) is 0 Å². The second-order valence-corrected chi connectivity index (χ2v) is 10.3. The van der Waals surface area contributed by atoms with E-state index >= 15 is 0 Å². The van der Waals surface area contributed by atoms with Crippen molar-refractivity contribution in [3.8, 4) is 0 Å². The van der Waals surface area contributed by atoms with Crippen molar-refractivity contribution in [2.45, 2.75) is 63.4 Å². The van der Waals surface area contributed by atoms with E-state index in [2.05, 4.69) is 24.1 Å². The summed E-state index contributed by atoms with van der Waals surface area (Å²) in [6.45, 7) is 9.20. The average molecular weight is 408 g/mol. The Hall–Kier alpha value is -1.44. The van der Waals surface area contributed by atoms with E-state index in [1.807, 2.05) is 19.1 Å². The lowest BCUT2D eigenvalue weighted by atomic mass is 9.95. The van der Waals surface area contributed by atoms with Gasteiger partial charge in [0.15, 0.2) is 0 Å². The Morgan fingerprint density at radius 2 is 1.57 bits per heavy atom. The van der Waals surface area contributed by atoms with Crippen LogP contribution in [-0.4, -0.2) is 61.8 Å². The largest absolute Gasteiger partial charge is 0.353 e. The SMILES string of the molecule is Cc1ccc(S(=O)(=O)N2CCC(C(=O)NC3CCN(C(C)C)CC3)CC2)cc1. The molecule has 7 heteroatoms. The van der Waals surface area contributed by atoms with Crippen molar-refractivity contribution in [1.82, 2.24) is 14.5 Å². The highest BCUT2D eigenvalue weighted by molar-refractivity contribution is 7.89. The van der Waals surface area contributed by atoms with Gasteiger partial charge in [-0.3, -0.25) is 4.79 Å². The van der Waals surface area contributed by atoms with Crippen molar-refractivity contribution in [2.75, 3.05) is 26.2 Å². The van der Waals surface area contributed by atoms with Crippen molar-refractivity contribution in [3.05, 3.63) is 29.8 Å². The number of rotatable bonds is 5. The van der Waals surface area contributed by atoms with Crippen LogP contribution in [0.4, 0.5) is 0 Å². The number of amides is 1. The summed E-state index contributed by atoms with van der Waals surface area (Å²) in [6, 6.07) is 7.75. The molecule has 0 unspecified atom stereocenters. The Kier molecular flexibility index (Phi) is 6.78. The zero-order chi connectivity index (χ0) is 20.3. The van der Waals surface area contributed by atoms with Gasteiger partial charge in [-0.1, -0.05) is 17.7 Å². The summed E-state index contributed by atoms with van der Waals surface area (Å²) >= 11 is 0. The van der Waals surface area contributed by atoms with Gasteiger partial charge in [-0.15, -0.1) is 0 Å². The summed E-state index contributed by atoms with van der Waals surface area (Å²) in [6.07, 6.45) is 3.15. The minimum Gasteiger partial charge on any atom is -0.353 e. The average Bonchev–Trinajstić information content (AvgIpc) is 2.69. The number of likely N-dealkylation sites (tertiary alicyclic amines) is 1. The minimum absolute atomic E-state index is 0.0902. The Bertz CT molecular complexity index is 761. The van der Waals surface area contributed by atoms with Gasteiger partial charge in [-0.05, 0) is 58.6 Å². The van der Waals surface area contributed by atoms with Gasteiger partial charge in [0, 0.05) is 44.2 Å². The molecule has 0 radical (unpaired) electrons. The normalized spacial score (nSPS) is 21.1. The summed E-state index contributed by atoms with van der Waals surface area (Å²) in [4.78, 5) is 15.4. The first-order valence-corrected chi connectivity index (χ1v) is 11.8. The summed E-state index contributed by atoms with van der Waals surface area (Å²) in [7, 11) is -3.47. The fourth-order valence-corrected chi connectivity index (χ4v) is 5.57. The molecule has 0 aromatic heterocycles. The standard InChI is InChI=1S/C21H33N3O3S/c1-16(2)23-12-10-19(11-13-23)22-21(25)18-8-14-24(15-9-18)28(26,27)20-6-4-17(3)5-7-20/h4-7,16,18-19H,8-15H2,1-3H3,(H,22,25). The molecule has 0 saturated carbocycles. The Morgan fingerprint density at radius 3 is 2.11 bits per heavy atom. The number of nitrogens with one attached hydrogen (secondary N) is 1. The summed E-state index contributed by atoms with van der Waals surface area (Å²) in [5.41, 5.74) is 1.04. The third-order valence-corrected chi connectivity index (χ3v) is 8.00. The molecule has 0 bridgehead atoms. The van der Waals surface area contributed by atoms with Gasteiger partial charge in [-0.25, -0.2) is 8.42 Å². The molecule has 2 fully saturated rings. The molecular weight excluding hydrogens is 374 g/mol. The number of hydrogen-bond donors (Lipinski definition) is 1. The van der Waals surface area contributed by atoms with E-state index in [9.17, 15) is 13.2 Å². The highest BCUT2D eigenvalue weighted by atomic mass is 32.2. The Balaban J connectivity index is 1.49. The number of carbonyl (C=O) groups excluding carboxylic acids is 1. The van der Waals surface area contributed by atoms with E-state index in [1.165, 1.54) is 4.31 Å². The highest BCUT2D eigenvalue weighted by Gasteiger charge is 2.33. The van der Waals surface area contributed by atoms with Crippen molar-refractivity contribution < 1.29 is 13.2 Å². The highest BCUT2D eigenvalue weighted by Crippen LogP contribution is 2.25. The van der Waals surface area contributed by atoms with Crippen LogP contribution in [0.2, 0.25) is 0 Å². The first-order chi connectivity index (χ1) is 13.3. The van der Waals surface area contributed by atoms with Crippen LogP contribution in [0.25, 0.3) is 0 Å². The van der Waals surface area contributed by atoms with E-state index in [0.29, 0.717) is 36.9 Å². The van der Waals surface area contributed by atoms with Gasteiger partial charge in [0.1, 0.15) is 0 Å². The smallest absolute Gasteiger partial charge is 0.243 e. The van der Waals surface area contributed by atoms with Crippen LogP contribution in [0.3, 0.4) is 0 Å². The Morgan fingerprint density at radius 1 is 1.00 bits per heavy atom. The van der Waals surface area contributed by atoms with Crippen molar-refractivity contribution in [3.63, 3.8) is 0 Å². The van der Waals surface area contributed by atoms with Crippen molar-refractivity contribution >= 4 is 15.9 Å². The van der Waals surface area contributed by atoms with E-state index in [0.717, 1.165) is 31.5 Å². The van der Waals surface area contributed by atoms with Crippen molar-refractivity contribution in [2.24, 2.45) is 5.92 Å². The maximum atomic E-state index is 12.8. The first kappa shape index (κ1) is 21.3. The molecule has 156 valence electrons. The maximum Gasteiger partial charge on any atom is 0.243 e. The van der Waals surface area contributed by atoms with Crippen LogP contribution >= 0.6 is 0 Å². The molecule has 1 aromatic rings. The van der Waals surface area contributed by atoms with Crippen molar-refractivity contribution in [1.29, 1.82) is 0 Å². The van der Waals surface area contributed by atoms with Gasteiger partial charge in [0.05, 0.1) is 4.90 Å². The molecule has 0 spiro atoms. The van der Waals surface area contributed by atoms with Crippen LogP contribution < -0.4 is 5.32 Å². The topological polar surface area (TPSA) is 69.7 Å². The molecule has 2 heterocycles. The second-order valence-electron chi connectivity index (χ2n) is 8.40. The number of piperidine rings is 2.